The highest BCUT2D eigenvalue weighted by molar-refractivity contribution is 6.68. The molecule has 1 aliphatic rings. The summed E-state index contributed by atoms with van der Waals surface area (Å²) in [6, 6.07) is 6.64. The molecule has 0 aromatic heterocycles. The second-order valence-corrected chi connectivity index (χ2v) is 10.4. The van der Waals surface area contributed by atoms with Crippen molar-refractivity contribution < 1.29 is 27.9 Å². The van der Waals surface area contributed by atoms with Gasteiger partial charge in [0.2, 0.25) is 9.39 Å². The third-order valence-corrected chi connectivity index (χ3v) is 5.97. The van der Waals surface area contributed by atoms with Crippen LogP contribution < -0.4 is 10.8 Å². The summed E-state index contributed by atoms with van der Waals surface area (Å²) in [5.74, 6) is 0. The van der Waals surface area contributed by atoms with Gasteiger partial charge in [-0.1, -0.05) is 70.1 Å². The second kappa shape index (κ2) is 9.24. The molecule has 2 atom stereocenters. The summed E-state index contributed by atoms with van der Waals surface area (Å²) in [5, 5.41) is 11.2. The lowest BCUT2D eigenvalue weighted by molar-refractivity contribution is -0.269. The number of alkyl halides is 6. The summed E-state index contributed by atoms with van der Waals surface area (Å²) < 4.78 is 40.5. The number of aryl methyl sites for hydroxylation is 1. The van der Waals surface area contributed by atoms with Gasteiger partial charge in [-0.15, -0.1) is 0 Å². The summed E-state index contributed by atoms with van der Waals surface area (Å²) in [4.78, 5) is 16.3. The van der Waals surface area contributed by atoms with E-state index in [1.165, 1.54) is 18.2 Å². The first-order chi connectivity index (χ1) is 15.1. The van der Waals surface area contributed by atoms with Crippen LogP contribution in [0, 0.1) is 6.92 Å². The lowest BCUT2D eigenvalue weighted by Crippen LogP contribution is -2.42. The maximum absolute atomic E-state index is 14.2. The minimum Gasteiger partial charge on any atom is -0.465 e. The average molecular weight is 565 g/mol. The molecule has 1 aliphatic heterocycles. The Morgan fingerprint density at radius 3 is 2.24 bits per heavy atom. The molecule has 178 valence electrons. The number of amides is 1. The quantitative estimate of drug-likeness (QED) is 0.341. The zero-order valence-electron chi connectivity index (χ0n) is 16.4. The lowest BCUT2D eigenvalue weighted by atomic mass is 9.91. The highest BCUT2D eigenvalue weighted by atomic mass is 35.6. The van der Waals surface area contributed by atoms with E-state index in [0.29, 0.717) is 5.56 Å². The van der Waals surface area contributed by atoms with Crippen molar-refractivity contribution in [1.29, 1.82) is 0 Å². The van der Waals surface area contributed by atoms with Crippen LogP contribution in [0.25, 0.3) is 5.70 Å². The van der Waals surface area contributed by atoms with Crippen molar-refractivity contribution in [3.05, 3.63) is 74.8 Å². The van der Waals surface area contributed by atoms with Crippen molar-refractivity contribution in [2.75, 3.05) is 0 Å². The van der Waals surface area contributed by atoms with Crippen LogP contribution in [0.15, 0.2) is 42.5 Å². The first-order valence-electron chi connectivity index (χ1n) is 9.01. The van der Waals surface area contributed by atoms with E-state index >= 15 is 0 Å². The van der Waals surface area contributed by atoms with Gasteiger partial charge in [-0.25, -0.2) is 4.79 Å². The fourth-order valence-electron chi connectivity index (χ4n) is 3.33. The maximum Gasteiger partial charge on any atom is 0.428 e. The first kappa shape index (κ1) is 26.1. The van der Waals surface area contributed by atoms with E-state index in [2.05, 4.69) is 10.8 Å². The van der Waals surface area contributed by atoms with E-state index in [1.54, 1.807) is 13.0 Å². The average Bonchev–Trinajstić information content (AvgIpc) is 3.12. The first-order valence-corrected chi connectivity index (χ1v) is 10.9. The van der Waals surface area contributed by atoms with Gasteiger partial charge in [0.05, 0.1) is 5.70 Å². The number of halogens is 8. The fourth-order valence-corrected chi connectivity index (χ4v) is 4.37. The Labute approximate surface area is 211 Å². The lowest BCUT2D eigenvalue weighted by Gasteiger charge is -2.28. The number of hydroxylamine groups is 1. The molecule has 0 bridgehead atoms. The van der Waals surface area contributed by atoms with Crippen molar-refractivity contribution in [3.63, 3.8) is 0 Å². The molecule has 1 amide bonds. The molecule has 0 radical (unpaired) electrons. The van der Waals surface area contributed by atoms with Crippen molar-refractivity contribution >= 4 is 69.8 Å². The zero-order valence-corrected chi connectivity index (χ0v) is 20.2. The smallest absolute Gasteiger partial charge is 0.428 e. The van der Waals surface area contributed by atoms with Crippen LogP contribution in [-0.4, -0.2) is 21.2 Å². The van der Waals surface area contributed by atoms with E-state index in [9.17, 15) is 18.0 Å². The molecule has 0 spiro atoms. The molecule has 5 nitrogen and oxygen atoms in total. The molecule has 2 unspecified atom stereocenters. The molecule has 2 aromatic carbocycles. The number of carbonyl (C=O) groups is 1. The van der Waals surface area contributed by atoms with Crippen LogP contribution in [0.3, 0.4) is 0 Å². The summed E-state index contributed by atoms with van der Waals surface area (Å²) in [7, 11) is 0. The van der Waals surface area contributed by atoms with Crippen molar-refractivity contribution in [2.45, 2.75) is 28.5 Å². The fraction of sp³-hybridized carbons (Fsp3) is 0.250. The Morgan fingerprint density at radius 1 is 1.12 bits per heavy atom. The molecule has 13 heteroatoms. The van der Waals surface area contributed by atoms with Gasteiger partial charge in [-0.3, -0.25) is 10.3 Å². The van der Waals surface area contributed by atoms with E-state index in [-0.39, 0.29) is 32.4 Å². The van der Waals surface area contributed by atoms with Crippen LogP contribution in [0.4, 0.5) is 18.0 Å². The van der Waals surface area contributed by atoms with E-state index < -0.39 is 27.7 Å². The predicted octanol–water partition coefficient (Wildman–Crippen LogP) is 7.31. The molecule has 0 aliphatic carbocycles. The molecule has 0 saturated heterocycles. The topological polar surface area (TPSA) is 70.6 Å². The number of hydrogen-bond donors (Lipinski definition) is 3. The Morgan fingerprint density at radius 2 is 1.73 bits per heavy atom. The largest absolute Gasteiger partial charge is 0.465 e. The summed E-state index contributed by atoms with van der Waals surface area (Å²) >= 11 is 29.7. The van der Waals surface area contributed by atoms with E-state index in [4.69, 9.17) is 67.9 Å². The zero-order chi connectivity index (χ0) is 24.8. The van der Waals surface area contributed by atoms with Crippen LogP contribution in [0.2, 0.25) is 10.0 Å². The minimum atomic E-state index is -4.89. The third kappa shape index (κ3) is 5.42. The van der Waals surface area contributed by atoms with Crippen LogP contribution in [0.1, 0.15) is 28.3 Å². The molecule has 0 saturated carbocycles. The number of hydrogen-bond acceptors (Lipinski definition) is 3. The van der Waals surface area contributed by atoms with Crippen LogP contribution >= 0.6 is 58.0 Å². The van der Waals surface area contributed by atoms with Crippen molar-refractivity contribution in [1.82, 2.24) is 10.8 Å². The van der Waals surface area contributed by atoms with Gasteiger partial charge in [-0.05, 0) is 48.4 Å². The summed E-state index contributed by atoms with van der Waals surface area (Å²) in [6.45, 7) is 1.63. The van der Waals surface area contributed by atoms with Gasteiger partial charge in [0.25, 0.3) is 0 Å². The molecule has 0 fully saturated rings. The van der Waals surface area contributed by atoms with Crippen LogP contribution in [-0.2, 0) is 10.4 Å². The minimum absolute atomic E-state index is 0.00513. The Balaban J connectivity index is 2.14. The van der Waals surface area contributed by atoms with Gasteiger partial charge in [0.1, 0.15) is 6.04 Å². The van der Waals surface area contributed by atoms with Crippen molar-refractivity contribution in [3.8, 4) is 0 Å². The Hall–Kier alpha value is -1.55. The molecule has 2 aromatic rings. The number of nitrogens with one attached hydrogen (secondary N) is 2. The van der Waals surface area contributed by atoms with Gasteiger partial charge in [0.15, 0.2) is 0 Å². The Bertz CT molecular complexity index is 1100. The molecule has 1 heterocycles. The Kier molecular flexibility index (Phi) is 7.30. The van der Waals surface area contributed by atoms with E-state index in [0.717, 1.165) is 18.2 Å². The highest BCUT2D eigenvalue weighted by Gasteiger charge is 2.59. The summed E-state index contributed by atoms with van der Waals surface area (Å²) in [6.07, 6.45) is -5.52. The number of rotatable bonds is 4. The predicted molar refractivity (Wildman–Crippen MR) is 122 cm³/mol. The monoisotopic (exact) mass is 562 g/mol. The third-order valence-electron chi connectivity index (χ3n) is 4.88. The van der Waals surface area contributed by atoms with Crippen LogP contribution in [0.5, 0.6) is 0 Å². The van der Waals surface area contributed by atoms with Gasteiger partial charge < -0.3 is 10.4 Å². The van der Waals surface area contributed by atoms with E-state index in [1.807, 2.05) is 0 Å². The van der Waals surface area contributed by atoms with Gasteiger partial charge in [0, 0.05) is 21.2 Å². The summed E-state index contributed by atoms with van der Waals surface area (Å²) in [5.41, 5.74) is 0.00874. The second-order valence-electron chi connectivity index (χ2n) is 7.15. The number of carboxylic acid groups (broad SMARTS) is 1. The molecule has 3 N–H and O–H groups in total. The van der Waals surface area contributed by atoms with Crippen molar-refractivity contribution in [2.24, 2.45) is 0 Å². The molecule has 3 rings (SSSR count). The van der Waals surface area contributed by atoms with Gasteiger partial charge >= 0.3 is 12.3 Å². The number of benzene rings is 2. The molecular formula is C20H14Cl5F3N2O3. The normalized spacial score (nSPS) is 19.6. The van der Waals surface area contributed by atoms with Gasteiger partial charge in [-0.2, -0.15) is 13.2 Å². The SMILES string of the molecule is Cc1ccc(C2=CC(c3cc(Cl)cc(Cl)c3)(C(F)(F)F)ON2)cc1C(NC(=O)O)C(Cl)(Cl)Cl. The highest BCUT2D eigenvalue weighted by Crippen LogP contribution is 2.49. The standard InChI is InChI=1S/C20H14Cl5F3N2O3/c1-9-2-3-10(4-14(9)16(19(23,24)25)29-17(31)32)15-8-18(33-30-15,20(26,27)28)11-5-12(21)7-13(22)6-11/h2-8,16,29-30H,1H3,(H,31,32). The maximum atomic E-state index is 14.2. The molecule has 33 heavy (non-hydrogen) atoms. The molecular weight excluding hydrogens is 550 g/mol.